The highest BCUT2D eigenvalue weighted by Gasteiger charge is 2.23. The topological polar surface area (TPSA) is 65.2 Å². The lowest BCUT2D eigenvalue weighted by Gasteiger charge is -2.10. The first-order valence-electron chi connectivity index (χ1n) is 6.17. The fourth-order valence-corrected chi connectivity index (χ4v) is 4.21. The smallest absolute Gasteiger partial charge is 0.264 e. The second-order valence-electron chi connectivity index (χ2n) is 4.26. The van der Waals surface area contributed by atoms with Crippen LogP contribution in [0.1, 0.15) is 5.56 Å². The van der Waals surface area contributed by atoms with Gasteiger partial charge in [0, 0.05) is 0 Å². The lowest BCUT2D eigenvalue weighted by atomic mass is 10.2. The highest BCUT2D eigenvalue weighted by molar-refractivity contribution is 8.22. The van der Waals surface area contributed by atoms with Crippen LogP contribution >= 0.6 is 22.7 Å². The summed E-state index contributed by atoms with van der Waals surface area (Å²) in [6.45, 7) is 0. The summed E-state index contributed by atoms with van der Waals surface area (Å²) in [6.07, 6.45) is 7.60. The van der Waals surface area contributed by atoms with Crippen LogP contribution in [0.5, 0.6) is 0 Å². The fraction of sp³-hybridized carbons (Fsp3) is 0. The zero-order chi connectivity index (χ0) is 14.7. The average Bonchev–Trinajstić information content (AvgIpc) is 3.11. The molecule has 0 radical (unpaired) electrons. The van der Waals surface area contributed by atoms with Crippen molar-refractivity contribution in [3.63, 3.8) is 0 Å². The number of carbonyl (C=O) groups is 1. The van der Waals surface area contributed by atoms with Crippen molar-refractivity contribution in [1.29, 1.82) is 5.26 Å². The predicted octanol–water partition coefficient (Wildman–Crippen LogP) is 3.13. The molecule has 6 heteroatoms. The lowest BCUT2D eigenvalue weighted by Crippen LogP contribution is -2.19. The van der Waals surface area contributed by atoms with Gasteiger partial charge >= 0.3 is 0 Å². The van der Waals surface area contributed by atoms with Crippen molar-refractivity contribution < 1.29 is 4.79 Å². The Labute approximate surface area is 129 Å². The van der Waals surface area contributed by atoms with E-state index < -0.39 is 0 Å². The number of allylic oxidation sites excluding steroid dienone is 2. The lowest BCUT2D eigenvalue weighted by molar-refractivity contribution is -0.115. The molecule has 1 saturated heterocycles. The third kappa shape index (κ3) is 3.10. The number of amidine groups is 1. The number of amides is 1. The number of nitriles is 1. The van der Waals surface area contributed by atoms with Gasteiger partial charge in [0.25, 0.3) is 5.91 Å². The monoisotopic (exact) mass is 313 g/mol. The first kappa shape index (κ1) is 13.7. The van der Waals surface area contributed by atoms with Crippen molar-refractivity contribution in [3.05, 3.63) is 57.7 Å². The van der Waals surface area contributed by atoms with Crippen LogP contribution < -0.4 is 5.32 Å². The number of nitrogens with one attached hydrogen (secondary N) is 1. The van der Waals surface area contributed by atoms with Crippen molar-refractivity contribution in [2.24, 2.45) is 4.99 Å². The van der Waals surface area contributed by atoms with Crippen LogP contribution in [0.4, 0.5) is 0 Å². The number of aliphatic imine (C=N–C) groups is 1. The number of nitrogens with zero attached hydrogens (tertiary/aromatic N) is 2. The summed E-state index contributed by atoms with van der Waals surface area (Å²) in [5.74, 6) is -0.218. The molecular weight excluding hydrogens is 302 g/mol. The van der Waals surface area contributed by atoms with Gasteiger partial charge in [0.2, 0.25) is 6.19 Å². The molecule has 1 aromatic carbocycles. The Balaban J connectivity index is 1.79. The molecule has 0 spiro atoms. The zero-order valence-corrected chi connectivity index (χ0v) is 12.6. The van der Waals surface area contributed by atoms with Gasteiger partial charge in [0.05, 0.1) is 4.91 Å². The summed E-state index contributed by atoms with van der Waals surface area (Å²) < 4.78 is 0. The second kappa shape index (κ2) is 6.04. The van der Waals surface area contributed by atoms with E-state index in [1.165, 1.54) is 16.7 Å². The van der Waals surface area contributed by atoms with E-state index in [2.05, 4.69) is 45.4 Å². The molecule has 0 atom stereocenters. The molecule has 1 N–H and O–H groups in total. The van der Waals surface area contributed by atoms with Crippen LogP contribution in [0.25, 0.3) is 6.08 Å². The highest BCUT2D eigenvalue weighted by atomic mass is 32.2. The standard InChI is InChI=1S/C15H11N3OS2/c16-10-17-15-18-14(19)13(20-15)9-11-3-5-12(6-4-11)21-7-1-2-8-21/h1-9,21H,(H,17,18,19). The van der Waals surface area contributed by atoms with Crippen molar-refractivity contribution in [3.8, 4) is 6.19 Å². The van der Waals surface area contributed by atoms with Crippen molar-refractivity contribution in [2.45, 2.75) is 4.90 Å². The van der Waals surface area contributed by atoms with Gasteiger partial charge < -0.3 is 0 Å². The maximum Gasteiger partial charge on any atom is 0.264 e. The Bertz CT molecular complexity index is 727. The SMILES string of the molecule is N#CN=C1NC(=O)C(=Cc2ccc([SH]3C=CC=C3)cc2)S1. The number of thiol groups is 1. The molecule has 2 aliphatic heterocycles. The van der Waals surface area contributed by atoms with Gasteiger partial charge in [-0.3, -0.25) is 10.1 Å². The molecule has 1 amide bonds. The van der Waals surface area contributed by atoms with Gasteiger partial charge in [-0.25, -0.2) is 0 Å². The van der Waals surface area contributed by atoms with Crippen molar-refractivity contribution >= 4 is 39.8 Å². The number of hydrogen-bond donors (Lipinski definition) is 2. The van der Waals surface area contributed by atoms with Crippen LogP contribution in [-0.4, -0.2) is 11.1 Å². The van der Waals surface area contributed by atoms with Gasteiger partial charge in [0.15, 0.2) is 5.17 Å². The van der Waals surface area contributed by atoms with Crippen LogP contribution in [0.15, 0.2) is 62.0 Å². The Kier molecular flexibility index (Phi) is 3.95. The van der Waals surface area contributed by atoms with E-state index in [0.717, 1.165) is 5.56 Å². The van der Waals surface area contributed by atoms with Gasteiger partial charge in [-0.05, 0) is 51.2 Å². The van der Waals surface area contributed by atoms with Crippen LogP contribution in [0.2, 0.25) is 0 Å². The predicted molar refractivity (Wildman–Crippen MR) is 88.7 cm³/mol. The molecule has 0 aromatic heterocycles. The molecule has 0 saturated carbocycles. The van der Waals surface area contributed by atoms with E-state index >= 15 is 0 Å². The summed E-state index contributed by atoms with van der Waals surface area (Å²) in [5, 5.41) is 15.8. The molecule has 0 aliphatic carbocycles. The molecule has 104 valence electrons. The Morgan fingerprint density at radius 3 is 2.62 bits per heavy atom. The van der Waals surface area contributed by atoms with E-state index in [0.29, 0.717) is 10.1 Å². The summed E-state index contributed by atoms with van der Waals surface area (Å²) in [7, 11) is -0.310. The number of rotatable bonds is 2. The quantitative estimate of drug-likeness (QED) is 0.501. The molecule has 0 unspecified atom stereocenters. The highest BCUT2D eigenvalue weighted by Crippen LogP contribution is 2.41. The maximum absolute atomic E-state index is 11.7. The van der Waals surface area contributed by atoms with Crippen LogP contribution in [0.3, 0.4) is 0 Å². The van der Waals surface area contributed by atoms with Gasteiger partial charge in [-0.2, -0.15) is 16.2 Å². The van der Waals surface area contributed by atoms with Crippen molar-refractivity contribution in [2.75, 3.05) is 0 Å². The number of thioether (sulfide) groups is 1. The third-order valence-electron chi connectivity index (χ3n) is 2.90. The minimum Gasteiger partial charge on any atom is -0.300 e. The average molecular weight is 313 g/mol. The molecule has 2 heterocycles. The first-order chi connectivity index (χ1) is 10.3. The molecule has 21 heavy (non-hydrogen) atoms. The largest absolute Gasteiger partial charge is 0.300 e. The number of benzene rings is 1. The Hall–Kier alpha value is -2.23. The fourth-order valence-electron chi connectivity index (χ4n) is 1.93. The van der Waals surface area contributed by atoms with Crippen LogP contribution in [0, 0.1) is 11.5 Å². The second-order valence-corrected chi connectivity index (χ2v) is 7.22. The summed E-state index contributed by atoms with van der Waals surface area (Å²) in [4.78, 5) is 17.1. The Morgan fingerprint density at radius 2 is 1.95 bits per heavy atom. The molecule has 3 rings (SSSR count). The van der Waals surface area contributed by atoms with E-state index in [4.69, 9.17) is 5.26 Å². The van der Waals surface area contributed by atoms with E-state index in [-0.39, 0.29) is 16.8 Å². The third-order valence-corrected chi connectivity index (χ3v) is 5.69. The van der Waals surface area contributed by atoms with Gasteiger partial charge in [-0.1, -0.05) is 24.3 Å². The minimum atomic E-state index is -0.310. The van der Waals surface area contributed by atoms with Gasteiger partial charge in [-0.15, -0.1) is 4.99 Å². The van der Waals surface area contributed by atoms with E-state index in [1.54, 1.807) is 12.3 Å². The summed E-state index contributed by atoms with van der Waals surface area (Å²) in [6, 6.07) is 8.16. The molecule has 1 aromatic rings. The minimum absolute atomic E-state index is 0.218. The van der Waals surface area contributed by atoms with E-state index in [9.17, 15) is 4.79 Å². The molecule has 1 fully saturated rings. The Morgan fingerprint density at radius 1 is 1.24 bits per heavy atom. The number of carbonyl (C=O) groups excluding carboxylic acids is 1. The normalized spacial score (nSPS) is 22.0. The van der Waals surface area contributed by atoms with Gasteiger partial charge in [0.1, 0.15) is 0 Å². The summed E-state index contributed by atoms with van der Waals surface area (Å²) in [5.41, 5.74) is 0.955. The number of hydrogen-bond acceptors (Lipinski definition) is 4. The molecule has 2 aliphatic rings. The summed E-state index contributed by atoms with van der Waals surface area (Å²) >= 11 is 1.18. The molecule has 0 bridgehead atoms. The molecular formula is C15H11N3OS2. The maximum atomic E-state index is 11.7. The van der Waals surface area contributed by atoms with E-state index in [1.807, 2.05) is 12.1 Å². The first-order valence-corrected chi connectivity index (χ1v) is 8.47. The van der Waals surface area contributed by atoms with Crippen molar-refractivity contribution in [1.82, 2.24) is 5.32 Å². The zero-order valence-electron chi connectivity index (χ0n) is 10.9. The molecule has 4 nitrogen and oxygen atoms in total. The van der Waals surface area contributed by atoms with Crippen LogP contribution in [-0.2, 0) is 4.79 Å².